The van der Waals surface area contributed by atoms with Crippen LogP contribution in [0.25, 0.3) is 5.78 Å². The number of aryl methyl sites for hydroxylation is 2. The average molecular weight is 383 g/mol. The summed E-state index contributed by atoms with van der Waals surface area (Å²) in [6.07, 6.45) is -1.06. The summed E-state index contributed by atoms with van der Waals surface area (Å²) in [6, 6.07) is 6.81. The van der Waals surface area contributed by atoms with Crippen LogP contribution in [0.5, 0.6) is 11.5 Å². The predicted molar refractivity (Wildman–Crippen MR) is 96.3 cm³/mol. The molecule has 0 fully saturated rings. The lowest BCUT2D eigenvalue weighted by atomic mass is 10.2. The Balaban J connectivity index is 1.44. The van der Waals surface area contributed by atoms with E-state index in [1.54, 1.807) is 18.2 Å². The molecule has 1 amide bonds. The number of nitrogens with one attached hydrogen (secondary N) is 1. The number of esters is 1. The Labute approximate surface area is 159 Å². The van der Waals surface area contributed by atoms with Crippen molar-refractivity contribution in [3.63, 3.8) is 0 Å². The topological polar surface area (TPSA) is 117 Å². The van der Waals surface area contributed by atoms with Crippen LogP contribution in [-0.2, 0) is 9.53 Å². The standard InChI is InChI=1S/C18H17N5O5/c1-9-6-10(2)23-18(19-9)21-15(22-23)17(25)28-11(3)16(24)20-12-4-5-13-14(7-12)27-8-26-13/h4-7,11H,8H2,1-3H3,(H,20,24)/t11-/m0/s1. The van der Waals surface area contributed by atoms with Crippen molar-refractivity contribution in [1.82, 2.24) is 19.6 Å². The molecule has 0 bridgehead atoms. The van der Waals surface area contributed by atoms with E-state index >= 15 is 0 Å². The van der Waals surface area contributed by atoms with Crippen LogP contribution < -0.4 is 14.8 Å². The van der Waals surface area contributed by atoms with E-state index in [1.807, 2.05) is 19.9 Å². The van der Waals surface area contributed by atoms with Crippen molar-refractivity contribution in [2.75, 3.05) is 12.1 Å². The van der Waals surface area contributed by atoms with Gasteiger partial charge in [-0.1, -0.05) is 0 Å². The molecule has 1 aliphatic heterocycles. The van der Waals surface area contributed by atoms with Crippen molar-refractivity contribution in [2.24, 2.45) is 0 Å². The number of fused-ring (bicyclic) bond motifs is 2. The third-order valence-electron chi connectivity index (χ3n) is 4.09. The van der Waals surface area contributed by atoms with Gasteiger partial charge in [-0.05, 0) is 39.0 Å². The number of aromatic nitrogens is 4. The Bertz CT molecular complexity index is 1090. The molecule has 0 spiro atoms. The van der Waals surface area contributed by atoms with Crippen LogP contribution in [-0.4, -0.2) is 44.4 Å². The second-order valence-electron chi connectivity index (χ2n) is 6.29. The van der Waals surface area contributed by atoms with E-state index in [4.69, 9.17) is 14.2 Å². The molecule has 1 aromatic carbocycles. The molecule has 0 saturated carbocycles. The van der Waals surface area contributed by atoms with Crippen LogP contribution in [0, 0.1) is 13.8 Å². The van der Waals surface area contributed by atoms with E-state index in [1.165, 1.54) is 11.4 Å². The van der Waals surface area contributed by atoms with E-state index in [-0.39, 0.29) is 12.6 Å². The highest BCUT2D eigenvalue weighted by Gasteiger charge is 2.23. The van der Waals surface area contributed by atoms with Crippen molar-refractivity contribution in [1.29, 1.82) is 0 Å². The fraction of sp³-hybridized carbons (Fsp3) is 0.278. The fourth-order valence-electron chi connectivity index (χ4n) is 2.74. The Morgan fingerprint density at radius 2 is 1.96 bits per heavy atom. The SMILES string of the molecule is Cc1cc(C)n2nc(C(=O)O[C@@H](C)C(=O)Nc3ccc4c(c3)OCO4)nc2n1. The minimum atomic E-state index is -1.06. The zero-order chi connectivity index (χ0) is 19.8. The number of nitrogens with zero attached hydrogens (tertiary/aromatic N) is 4. The number of carbonyl (C=O) groups is 2. The third kappa shape index (κ3) is 3.31. The Morgan fingerprint density at radius 1 is 1.18 bits per heavy atom. The van der Waals surface area contributed by atoms with E-state index in [0.717, 1.165) is 11.4 Å². The molecular formula is C18H17N5O5. The van der Waals surface area contributed by atoms with Crippen molar-refractivity contribution >= 4 is 23.3 Å². The van der Waals surface area contributed by atoms with Gasteiger partial charge in [-0.3, -0.25) is 4.79 Å². The van der Waals surface area contributed by atoms with Gasteiger partial charge < -0.3 is 19.5 Å². The molecule has 1 aliphatic rings. The van der Waals surface area contributed by atoms with Gasteiger partial charge in [-0.25, -0.2) is 14.3 Å². The molecular weight excluding hydrogens is 366 g/mol. The second kappa shape index (κ2) is 6.80. The van der Waals surface area contributed by atoms with Crippen LogP contribution in [0.2, 0.25) is 0 Å². The van der Waals surface area contributed by atoms with E-state index in [0.29, 0.717) is 23.0 Å². The minimum absolute atomic E-state index is 0.140. The van der Waals surface area contributed by atoms with Crippen LogP contribution in [0.1, 0.15) is 28.9 Å². The van der Waals surface area contributed by atoms with Crippen molar-refractivity contribution in [2.45, 2.75) is 26.9 Å². The number of ether oxygens (including phenoxy) is 3. The first-order chi connectivity index (χ1) is 13.4. The number of rotatable bonds is 4. The fourth-order valence-corrected chi connectivity index (χ4v) is 2.74. The third-order valence-corrected chi connectivity index (χ3v) is 4.09. The molecule has 4 rings (SSSR count). The quantitative estimate of drug-likeness (QED) is 0.676. The molecule has 0 radical (unpaired) electrons. The van der Waals surface area contributed by atoms with Crippen LogP contribution in [0.4, 0.5) is 5.69 Å². The van der Waals surface area contributed by atoms with Crippen molar-refractivity contribution in [3.05, 3.63) is 41.5 Å². The molecule has 144 valence electrons. The highest BCUT2D eigenvalue weighted by Crippen LogP contribution is 2.34. The summed E-state index contributed by atoms with van der Waals surface area (Å²) in [6.45, 7) is 5.25. The molecule has 0 unspecified atom stereocenters. The maximum absolute atomic E-state index is 12.3. The number of amides is 1. The Hall–Kier alpha value is -3.69. The maximum atomic E-state index is 12.3. The van der Waals surface area contributed by atoms with Crippen molar-refractivity contribution in [3.8, 4) is 11.5 Å². The average Bonchev–Trinajstić information content (AvgIpc) is 3.27. The predicted octanol–water partition coefficient (Wildman–Crippen LogP) is 1.65. The van der Waals surface area contributed by atoms with Gasteiger partial charge in [0.05, 0.1) is 0 Å². The first-order valence-corrected chi connectivity index (χ1v) is 8.53. The highest BCUT2D eigenvalue weighted by atomic mass is 16.7. The summed E-state index contributed by atoms with van der Waals surface area (Å²) >= 11 is 0. The smallest absolute Gasteiger partial charge is 0.379 e. The lowest BCUT2D eigenvalue weighted by molar-refractivity contribution is -0.123. The maximum Gasteiger partial charge on any atom is 0.379 e. The second-order valence-corrected chi connectivity index (χ2v) is 6.29. The van der Waals surface area contributed by atoms with Crippen molar-refractivity contribution < 1.29 is 23.8 Å². The van der Waals surface area contributed by atoms with Gasteiger partial charge in [0.1, 0.15) is 0 Å². The number of carbonyl (C=O) groups excluding carboxylic acids is 2. The summed E-state index contributed by atoms with van der Waals surface area (Å²) in [7, 11) is 0. The zero-order valence-corrected chi connectivity index (χ0v) is 15.4. The number of hydrogen-bond donors (Lipinski definition) is 1. The van der Waals surface area contributed by atoms with Gasteiger partial charge in [-0.2, -0.15) is 4.98 Å². The van der Waals surface area contributed by atoms with Gasteiger partial charge in [0.15, 0.2) is 17.6 Å². The largest absolute Gasteiger partial charge is 0.454 e. The molecule has 3 aromatic rings. The van der Waals surface area contributed by atoms with E-state index in [9.17, 15) is 9.59 Å². The molecule has 3 heterocycles. The first-order valence-electron chi connectivity index (χ1n) is 8.53. The summed E-state index contributed by atoms with van der Waals surface area (Å²) in [4.78, 5) is 33.0. The molecule has 10 heteroatoms. The Kier molecular flexibility index (Phi) is 4.30. The minimum Gasteiger partial charge on any atom is -0.454 e. The summed E-state index contributed by atoms with van der Waals surface area (Å²) in [5.74, 6) is -0.0353. The normalized spacial score (nSPS) is 13.4. The molecule has 0 saturated heterocycles. The first kappa shape index (κ1) is 17.7. The lowest BCUT2D eigenvalue weighted by Crippen LogP contribution is -2.30. The van der Waals surface area contributed by atoms with Gasteiger partial charge >= 0.3 is 5.97 Å². The van der Waals surface area contributed by atoms with Gasteiger partial charge in [0.25, 0.3) is 17.5 Å². The van der Waals surface area contributed by atoms with Gasteiger partial charge in [0, 0.05) is 23.1 Å². The van der Waals surface area contributed by atoms with Crippen LogP contribution >= 0.6 is 0 Å². The van der Waals surface area contributed by atoms with E-state index in [2.05, 4.69) is 20.4 Å². The number of benzene rings is 1. The van der Waals surface area contributed by atoms with Crippen LogP contribution in [0.15, 0.2) is 24.3 Å². The Morgan fingerprint density at radius 3 is 2.79 bits per heavy atom. The molecule has 10 nitrogen and oxygen atoms in total. The molecule has 1 atom stereocenters. The zero-order valence-electron chi connectivity index (χ0n) is 15.4. The molecule has 1 N–H and O–H groups in total. The summed E-state index contributed by atoms with van der Waals surface area (Å²) in [5.41, 5.74) is 2.04. The van der Waals surface area contributed by atoms with Crippen LogP contribution in [0.3, 0.4) is 0 Å². The summed E-state index contributed by atoms with van der Waals surface area (Å²) < 4.78 is 17.1. The van der Waals surface area contributed by atoms with Gasteiger partial charge in [0.2, 0.25) is 6.79 Å². The number of anilines is 1. The molecule has 2 aromatic heterocycles. The highest BCUT2D eigenvalue weighted by molar-refractivity contribution is 5.96. The summed E-state index contributed by atoms with van der Waals surface area (Å²) in [5, 5.41) is 6.76. The molecule has 0 aliphatic carbocycles. The van der Waals surface area contributed by atoms with Gasteiger partial charge in [-0.15, -0.1) is 5.10 Å². The van der Waals surface area contributed by atoms with E-state index < -0.39 is 18.0 Å². The monoisotopic (exact) mass is 383 g/mol. The lowest BCUT2D eigenvalue weighted by Gasteiger charge is -2.12. The number of hydrogen-bond acceptors (Lipinski definition) is 8. The molecule has 28 heavy (non-hydrogen) atoms.